The average Bonchev–Trinajstić information content (AvgIpc) is 2.67. The van der Waals surface area contributed by atoms with Gasteiger partial charge in [-0.3, -0.25) is 4.79 Å². The number of aliphatic carboxylic acids is 1. The quantitative estimate of drug-likeness (QED) is 0.779. The molecule has 2 atom stereocenters. The van der Waals surface area contributed by atoms with Gasteiger partial charge < -0.3 is 20.0 Å². The molecule has 3 rings (SSSR count). The number of benzene rings is 1. The number of halogens is 3. The van der Waals surface area contributed by atoms with E-state index >= 15 is 0 Å². The Morgan fingerprint density at radius 3 is 2.34 bits per heavy atom. The van der Waals surface area contributed by atoms with Crippen LogP contribution in [-0.4, -0.2) is 64.3 Å². The molecule has 0 saturated carbocycles. The Morgan fingerprint density at radius 2 is 1.76 bits per heavy atom. The first kappa shape index (κ1) is 21.4. The Balaban J connectivity index is 1.84. The van der Waals surface area contributed by atoms with E-state index in [2.05, 4.69) is 0 Å². The number of hydrogen-bond donors (Lipinski definition) is 2. The number of carbonyl (C=O) groups is 2. The minimum Gasteiger partial charge on any atom is -0.481 e. The SMILES string of the molecule is Cc1ccc(C2CC(C(=O)O)CN(C(=O)N3CCC(O)CC3)C2)cc1C(F)(F)F. The number of hydrogen-bond acceptors (Lipinski definition) is 3. The summed E-state index contributed by atoms with van der Waals surface area (Å²) >= 11 is 0. The van der Waals surface area contributed by atoms with E-state index in [-0.39, 0.29) is 31.1 Å². The molecule has 0 radical (unpaired) electrons. The van der Waals surface area contributed by atoms with Gasteiger partial charge >= 0.3 is 18.2 Å². The first-order valence-corrected chi connectivity index (χ1v) is 9.68. The van der Waals surface area contributed by atoms with Gasteiger partial charge in [-0.05, 0) is 43.4 Å². The van der Waals surface area contributed by atoms with Gasteiger partial charge in [-0.15, -0.1) is 0 Å². The van der Waals surface area contributed by atoms with Crippen molar-refractivity contribution in [2.75, 3.05) is 26.2 Å². The first-order chi connectivity index (χ1) is 13.6. The molecule has 9 heteroatoms. The number of rotatable bonds is 2. The molecule has 2 N–H and O–H groups in total. The number of nitrogens with zero attached hydrogens (tertiary/aromatic N) is 2. The number of piperidine rings is 2. The van der Waals surface area contributed by atoms with Crippen molar-refractivity contribution >= 4 is 12.0 Å². The summed E-state index contributed by atoms with van der Waals surface area (Å²) in [6, 6.07) is 3.72. The van der Waals surface area contributed by atoms with E-state index in [1.807, 2.05) is 0 Å². The zero-order valence-electron chi connectivity index (χ0n) is 16.2. The lowest BCUT2D eigenvalue weighted by atomic mass is 9.83. The van der Waals surface area contributed by atoms with Crippen molar-refractivity contribution in [1.29, 1.82) is 0 Å². The van der Waals surface area contributed by atoms with Gasteiger partial charge in [-0.25, -0.2) is 4.79 Å². The van der Waals surface area contributed by atoms with Crippen LogP contribution in [0.2, 0.25) is 0 Å². The van der Waals surface area contributed by atoms with Crippen LogP contribution in [0.25, 0.3) is 0 Å². The highest BCUT2D eigenvalue weighted by atomic mass is 19.4. The Labute approximate surface area is 166 Å². The van der Waals surface area contributed by atoms with E-state index in [1.165, 1.54) is 17.9 Å². The smallest absolute Gasteiger partial charge is 0.416 e. The van der Waals surface area contributed by atoms with Gasteiger partial charge in [0.25, 0.3) is 0 Å². The van der Waals surface area contributed by atoms with Gasteiger partial charge in [0.05, 0.1) is 17.6 Å². The maximum absolute atomic E-state index is 13.3. The Bertz CT molecular complexity index is 775. The maximum atomic E-state index is 13.3. The number of aliphatic hydroxyl groups is 1. The van der Waals surface area contributed by atoms with Crippen LogP contribution in [0.1, 0.15) is 41.9 Å². The van der Waals surface area contributed by atoms with Crippen LogP contribution in [0.4, 0.5) is 18.0 Å². The predicted octanol–water partition coefficient (Wildman–Crippen LogP) is 3.08. The highest BCUT2D eigenvalue weighted by molar-refractivity contribution is 5.77. The van der Waals surface area contributed by atoms with Crippen LogP contribution < -0.4 is 0 Å². The highest BCUT2D eigenvalue weighted by Crippen LogP contribution is 2.37. The molecule has 2 heterocycles. The second-order valence-electron chi connectivity index (χ2n) is 7.95. The molecule has 1 aromatic carbocycles. The number of carboxylic acid groups (broad SMARTS) is 1. The second kappa shape index (κ2) is 8.22. The number of carbonyl (C=O) groups excluding carboxylic acids is 1. The van der Waals surface area contributed by atoms with Crippen LogP contribution in [0.15, 0.2) is 18.2 Å². The molecule has 0 aliphatic carbocycles. The molecule has 2 unspecified atom stereocenters. The molecule has 1 aromatic rings. The molecule has 0 aromatic heterocycles. The van der Waals surface area contributed by atoms with Crippen LogP contribution in [0.3, 0.4) is 0 Å². The molecule has 2 fully saturated rings. The standard InChI is InChI=1S/C20H25F3N2O4/c1-12-2-3-13(9-17(12)20(21,22)23)14-8-15(18(27)28)11-25(10-14)19(29)24-6-4-16(26)5-7-24/h2-3,9,14-16,26H,4-8,10-11H2,1H3,(H,27,28). The molecule has 2 aliphatic rings. The molecule has 160 valence electrons. The van der Waals surface area contributed by atoms with Gasteiger partial charge in [-0.2, -0.15) is 13.2 Å². The summed E-state index contributed by atoms with van der Waals surface area (Å²) in [4.78, 5) is 27.5. The lowest BCUT2D eigenvalue weighted by Crippen LogP contribution is -2.52. The Hall–Kier alpha value is -2.29. The van der Waals surface area contributed by atoms with Crippen molar-refractivity contribution < 1.29 is 33.0 Å². The Morgan fingerprint density at radius 1 is 1.10 bits per heavy atom. The van der Waals surface area contributed by atoms with Crippen molar-refractivity contribution in [3.8, 4) is 0 Å². The van der Waals surface area contributed by atoms with E-state index < -0.39 is 35.6 Å². The molecule has 2 saturated heterocycles. The highest BCUT2D eigenvalue weighted by Gasteiger charge is 2.38. The molecule has 29 heavy (non-hydrogen) atoms. The Kier molecular flexibility index (Phi) is 6.07. The lowest BCUT2D eigenvalue weighted by Gasteiger charge is -2.40. The molecular weight excluding hydrogens is 389 g/mol. The predicted molar refractivity (Wildman–Crippen MR) is 98.4 cm³/mol. The van der Waals surface area contributed by atoms with Crippen LogP contribution in [0, 0.1) is 12.8 Å². The van der Waals surface area contributed by atoms with E-state index in [0.717, 1.165) is 6.07 Å². The fraction of sp³-hybridized carbons (Fsp3) is 0.600. The molecule has 0 bridgehead atoms. The third-order valence-corrected chi connectivity index (χ3v) is 5.84. The van der Waals surface area contributed by atoms with Gasteiger partial charge in [0.15, 0.2) is 0 Å². The molecule has 2 aliphatic heterocycles. The number of alkyl halides is 3. The summed E-state index contributed by atoms with van der Waals surface area (Å²) in [6.07, 6.45) is -3.85. The lowest BCUT2D eigenvalue weighted by molar-refractivity contribution is -0.143. The summed E-state index contributed by atoms with van der Waals surface area (Å²) in [5.41, 5.74) is -0.247. The van der Waals surface area contributed by atoms with Gasteiger partial charge in [0, 0.05) is 32.1 Å². The summed E-state index contributed by atoms with van der Waals surface area (Å²) in [5.74, 6) is -2.40. The fourth-order valence-corrected chi connectivity index (χ4v) is 4.13. The third-order valence-electron chi connectivity index (χ3n) is 5.84. The molecule has 6 nitrogen and oxygen atoms in total. The zero-order chi connectivity index (χ0) is 21.3. The summed E-state index contributed by atoms with van der Waals surface area (Å²) in [5, 5.41) is 19.1. The number of amides is 2. The fourth-order valence-electron chi connectivity index (χ4n) is 4.13. The van der Waals surface area contributed by atoms with Crippen molar-refractivity contribution in [2.45, 2.75) is 44.4 Å². The topological polar surface area (TPSA) is 81.1 Å². The third kappa shape index (κ3) is 4.83. The number of carboxylic acids is 1. The van der Waals surface area contributed by atoms with E-state index in [4.69, 9.17) is 0 Å². The minimum absolute atomic E-state index is 0.0295. The van der Waals surface area contributed by atoms with Crippen molar-refractivity contribution in [3.05, 3.63) is 34.9 Å². The zero-order valence-corrected chi connectivity index (χ0v) is 16.2. The first-order valence-electron chi connectivity index (χ1n) is 9.68. The number of aliphatic hydroxyl groups excluding tert-OH is 1. The molecule has 2 amide bonds. The van der Waals surface area contributed by atoms with Crippen molar-refractivity contribution in [1.82, 2.24) is 9.80 Å². The van der Waals surface area contributed by atoms with Crippen LogP contribution >= 0.6 is 0 Å². The van der Waals surface area contributed by atoms with E-state index in [9.17, 15) is 33.0 Å². The normalized spacial score (nSPS) is 23.9. The van der Waals surface area contributed by atoms with Crippen molar-refractivity contribution in [3.63, 3.8) is 0 Å². The summed E-state index contributed by atoms with van der Waals surface area (Å²) in [7, 11) is 0. The van der Waals surface area contributed by atoms with Crippen LogP contribution in [-0.2, 0) is 11.0 Å². The molecule has 0 spiro atoms. The number of aryl methyl sites for hydroxylation is 1. The minimum atomic E-state index is -4.49. The maximum Gasteiger partial charge on any atom is 0.416 e. The largest absolute Gasteiger partial charge is 0.481 e. The summed E-state index contributed by atoms with van der Waals surface area (Å²) in [6.45, 7) is 2.33. The van der Waals surface area contributed by atoms with Gasteiger partial charge in [-0.1, -0.05) is 12.1 Å². The van der Waals surface area contributed by atoms with Crippen LogP contribution in [0.5, 0.6) is 0 Å². The van der Waals surface area contributed by atoms with Crippen molar-refractivity contribution in [2.24, 2.45) is 5.92 Å². The van der Waals surface area contributed by atoms with E-state index in [0.29, 0.717) is 31.5 Å². The molecular formula is C20H25F3N2O4. The second-order valence-corrected chi connectivity index (χ2v) is 7.95. The number of likely N-dealkylation sites (tertiary alicyclic amines) is 2. The average molecular weight is 414 g/mol. The summed E-state index contributed by atoms with van der Waals surface area (Å²) < 4.78 is 39.9. The number of urea groups is 1. The monoisotopic (exact) mass is 414 g/mol. The van der Waals surface area contributed by atoms with E-state index in [1.54, 1.807) is 11.0 Å². The van der Waals surface area contributed by atoms with Gasteiger partial charge in [0.2, 0.25) is 0 Å². The van der Waals surface area contributed by atoms with Gasteiger partial charge in [0.1, 0.15) is 0 Å².